The van der Waals surface area contributed by atoms with Crippen LogP contribution in [0.15, 0.2) is 0 Å². The van der Waals surface area contributed by atoms with Crippen molar-refractivity contribution in [1.82, 2.24) is 4.90 Å². The lowest BCUT2D eigenvalue weighted by atomic mass is 9.84. The molecule has 0 aromatic carbocycles. The Kier molecular flexibility index (Phi) is 3.42. The maximum Gasteiger partial charge on any atom is 0.135 e. The Bertz CT molecular complexity index is 224. The number of hydrogen-bond acceptors (Lipinski definition) is 3. The van der Waals surface area contributed by atoms with Gasteiger partial charge in [-0.1, -0.05) is 6.92 Å². The molecule has 2 aliphatic heterocycles. The average molecular weight is 211 g/mol. The van der Waals surface area contributed by atoms with Gasteiger partial charge in [-0.05, 0) is 19.3 Å². The van der Waals surface area contributed by atoms with Crippen molar-refractivity contribution in [2.24, 2.45) is 0 Å². The van der Waals surface area contributed by atoms with Gasteiger partial charge in [0.05, 0.1) is 0 Å². The highest BCUT2D eigenvalue weighted by molar-refractivity contribution is 5.79. The van der Waals surface area contributed by atoms with Crippen LogP contribution in [0.25, 0.3) is 0 Å². The zero-order valence-corrected chi connectivity index (χ0v) is 9.63. The Balaban J connectivity index is 2.01. The molecule has 0 unspecified atom stereocenters. The van der Waals surface area contributed by atoms with E-state index in [9.17, 15) is 4.79 Å². The normalized spacial score (nSPS) is 27.9. The Hall–Kier alpha value is -0.410. The number of piperidine rings is 1. The number of Topliss-reactive ketones (excluding diaryl/α,β-unsaturated/α-hetero) is 1. The monoisotopic (exact) mass is 211 g/mol. The molecule has 0 aromatic rings. The number of hydrogen-bond donors (Lipinski definition) is 0. The molecular formula is C12H21NO2. The van der Waals surface area contributed by atoms with Crippen molar-refractivity contribution in [1.29, 1.82) is 0 Å². The molecule has 0 spiro atoms. The van der Waals surface area contributed by atoms with Gasteiger partial charge in [-0.25, -0.2) is 0 Å². The van der Waals surface area contributed by atoms with Crippen LogP contribution in [0.3, 0.4) is 0 Å². The highest BCUT2D eigenvalue weighted by atomic mass is 16.5. The molecule has 0 radical (unpaired) electrons. The predicted molar refractivity (Wildman–Crippen MR) is 58.9 cm³/mol. The summed E-state index contributed by atoms with van der Waals surface area (Å²) < 4.78 is 5.44. The van der Waals surface area contributed by atoms with Crippen LogP contribution < -0.4 is 0 Å². The maximum absolute atomic E-state index is 11.2. The molecule has 2 heterocycles. The van der Waals surface area contributed by atoms with Gasteiger partial charge in [0.1, 0.15) is 5.78 Å². The SMILES string of the molecule is CCC1(N2CCC(=O)CC2)CCOCC1. The van der Waals surface area contributed by atoms with Crippen LogP contribution in [0.2, 0.25) is 0 Å². The molecule has 0 amide bonds. The first-order chi connectivity index (χ1) is 7.27. The summed E-state index contributed by atoms with van der Waals surface area (Å²) in [5.41, 5.74) is 0.332. The van der Waals surface area contributed by atoms with Gasteiger partial charge in [0.15, 0.2) is 0 Å². The molecule has 3 nitrogen and oxygen atoms in total. The highest BCUT2D eigenvalue weighted by Crippen LogP contribution is 2.32. The summed E-state index contributed by atoms with van der Waals surface area (Å²) in [6, 6.07) is 0. The summed E-state index contributed by atoms with van der Waals surface area (Å²) in [5.74, 6) is 0.435. The minimum Gasteiger partial charge on any atom is -0.381 e. The van der Waals surface area contributed by atoms with Crippen molar-refractivity contribution < 1.29 is 9.53 Å². The number of carbonyl (C=O) groups excluding carboxylic acids is 1. The van der Waals surface area contributed by atoms with Crippen LogP contribution in [0.4, 0.5) is 0 Å². The topological polar surface area (TPSA) is 29.5 Å². The zero-order chi connectivity index (χ0) is 10.7. The van der Waals surface area contributed by atoms with Gasteiger partial charge in [-0.3, -0.25) is 9.69 Å². The Morgan fingerprint density at radius 2 is 1.87 bits per heavy atom. The van der Waals surface area contributed by atoms with Crippen LogP contribution in [-0.4, -0.2) is 42.5 Å². The van der Waals surface area contributed by atoms with Gasteiger partial charge >= 0.3 is 0 Å². The standard InChI is InChI=1S/C12H21NO2/c1-2-12(5-9-15-10-6-12)13-7-3-11(14)4-8-13/h2-10H2,1H3. The number of ether oxygens (including phenoxy) is 1. The molecule has 3 heteroatoms. The van der Waals surface area contributed by atoms with Crippen molar-refractivity contribution in [2.45, 2.75) is 44.6 Å². The van der Waals surface area contributed by atoms with Crippen molar-refractivity contribution >= 4 is 5.78 Å². The second-order valence-electron chi connectivity index (χ2n) is 4.72. The van der Waals surface area contributed by atoms with Gasteiger partial charge in [0.25, 0.3) is 0 Å². The van der Waals surface area contributed by atoms with E-state index in [2.05, 4.69) is 11.8 Å². The van der Waals surface area contributed by atoms with Crippen molar-refractivity contribution in [3.63, 3.8) is 0 Å². The second kappa shape index (κ2) is 4.62. The Morgan fingerprint density at radius 3 is 2.40 bits per heavy atom. The van der Waals surface area contributed by atoms with Crippen LogP contribution >= 0.6 is 0 Å². The van der Waals surface area contributed by atoms with Gasteiger partial charge in [0.2, 0.25) is 0 Å². The number of nitrogens with zero attached hydrogens (tertiary/aromatic N) is 1. The molecule has 2 aliphatic rings. The highest BCUT2D eigenvalue weighted by Gasteiger charge is 2.38. The summed E-state index contributed by atoms with van der Waals surface area (Å²) in [4.78, 5) is 13.8. The van der Waals surface area contributed by atoms with E-state index in [1.807, 2.05) is 0 Å². The van der Waals surface area contributed by atoms with E-state index in [1.165, 1.54) is 6.42 Å². The van der Waals surface area contributed by atoms with E-state index < -0.39 is 0 Å². The largest absolute Gasteiger partial charge is 0.381 e. The average Bonchev–Trinajstić information content (AvgIpc) is 2.31. The third-order valence-corrected chi connectivity index (χ3v) is 4.07. The lowest BCUT2D eigenvalue weighted by Gasteiger charge is -2.47. The fourth-order valence-electron chi connectivity index (χ4n) is 2.88. The Morgan fingerprint density at radius 1 is 1.27 bits per heavy atom. The smallest absolute Gasteiger partial charge is 0.135 e. The first-order valence-corrected chi connectivity index (χ1v) is 6.11. The zero-order valence-electron chi connectivity index (χ0n) is 9.63. The maximum atomic E-state index is 11.2. The summed E-state index contributed by atoms with van der Waals surface area (Å²) in [5, 5.41) is 0. The fourth-order valence-corrected chi connectivity index (χ4v) is 2.88. The number of carbonyl (C=O) groups is 1. The van der Waals surface area contributed by atoms with E-state index in [4.69, 9.17) is 4.74 Å². The van der Waals surface area contributed by atoms with Crippen molar-refractivity contribution in [3.8, 4) is 0 Å². The first kappa shape index (κ1) is 11.1. The Labute approximate surface area is 91.8 Å². The second-order valence-corrected chi connectivity index (χ2v) is 4.72. The van der Waals surface area contributed by atoms with E-state index in [0.717, 1.165) is 52.0 Å². The van der Waals surface area contributed by atoms with E-state index in [0.29, 0.717) is 11.3 Å². The van der Waals surface area contributed by atoms with Crippen LogP contribution in [0, 0.1) is 0 Å². The fraction of sp³-hybridized carbons (Fsp3) is 0.917. The summed E-state index contributed by atoms with van der Waals surface area (Å²) in [7, 11) is 0. The molecular weight excluding hydrogens is 190 g/mol. The molecule has 0 saturated carbocycles. The van der Waals surface area contributed by atoms with Gasteiger partial charge in [-0.2, -0.15) is 0 Å². The van der Waals surface area contributed by atoms with Crippen LogP contribution in [0.5, 0.6) is 0 Å². The minimum absolute atomic E-state index is 0.332. The van der Waals surface area contributed by atoms with Gasteiger partial charge < -0.3 is 4.74 Å². The number of likely N-dealkylation sites (tertiary alicyclic amines) is 1. The quantitative estimate of drug-likeness (QED) is 0.695. The lowest BCUT2D eigenvalue weighted by Crippen LogP contribution is -2.54. The summed E-state index contributed by atoms with van der Waals surface area (Å²) in [6.07, 6.45) is 4.96. The molecule has 15 heavy (non-hydrogen) atoms. The van der Waals surface area contributed by atoms with Gasteiger partial charge in [-0.15, -0.1) is 0 Å². The molecule has 0 aromatic heterocycles. The predicted octanol–water partition coefficient (Wildman–Crippen LogP) is 1.61. The van der Waals surface area contributed by atoms with Crippen molar-refractivity contribution in [3.05, 3.63) is 0 Å². The van der Waals surface area contributed by atoms with Gasteiger partial charge in [0, 0.05) is 44.7 Å². The number of rotatable bonds is 2. The molecule has 2 saturated heterocycles. The van der Waals surface area contributed by atoms with Crippen molar-refractivity contribution in [2.75, 3.05) is 26.3 Å². The molecule has 86 valence electrons. The molecule has 2 fully saturated rings. The molecule has 0 atom stereocenters. The third kappa shape index (κ3) is 2.23. The van der Waals surface area contributed by atoms with E-state index >= 15 is 0 Å². The molecule has 0 N–H and O–H groups in total. The lowest BCUT2D eigenvalue weighted by molar-refractivity contribution is -0.124. The molecule has 2 rings (SSSR count). The van der Waals surface area contributed by atoms with E-state index in [1.54, 1.807) is 0 Å². The number of ketones is 1. The molecule has 0 aliphatic carbocycles. The van der Waals surface area contributed by atoms with E-state index in [-0.39, 0.29) is 0 Å². The summed E-state index contributed by atoms with van der Waals surface area (Å²) >= 11 is 0. The van der Waals surface area contributed by atoms with Crippen LogP contribution in [-0.2, 0) is 9.53 Å². The molecule has 0 bridgehead atoms. The third-order valence-electron chi connectivity index (χ3n) is 4.07. The summed E-state index contributed by atoms with van der Waals surface area (Å²) in [6.45, 7) is 5.97. The van der Waals surface area contributed by atoms with Crippen LogP contribution in [0.1, 0.15) is 39.0 Å². The minimum atomic E-state index is 0.332. The first-order valence-electron chi connectivity index (χ1n) is 6.11.